The summed E-state index contributed by atoms with van der Waals surface area (Å²) in [7, 11) is 0. The van der Waals surface area contributed by atoms with Gasteiger partial charge in [0.15, 0.2) is 0 Å². The molecule has 0 bridgehead atoms. The van der Waals surface area contributed by atoms with Gasteiger partial charge in [-0.3, -0.25) is 4.79 Å². The average molecular weight is 166 g/mol. The second-order valence-electron chi connectivity index (χ2n) is 2.56. The van der Waals surface area contributed by atoms with Gasteiger partial charge < -0.3 is 5.11 Å². The molecule has 8 heavy (non-hydrogen) atoms. The average Bonchev–Trinajstić information content (AvgIpc) is 1.31. The molecular formula is C5H10CuO2. The Kier molecular flexibility index (Phi) is 4.22. The van der Waals surface area contributed by atoms with Gasteiger partial charge in [-0.15, -0.1) is 0 Å². The molecule has 0 fully saturated rings. The van der Waals surface area contributed by atoms with E-state index in [-0.39, 0.29) is 17.1 Å². The Morgan fingerprint density at radius 2 is 1.50 bits per heavy atom. The second-order valence-corrected chi connectivity index (χ2v) is 2.56. The topological polar surface area (TPSA) is 37.3 Å². The van der Waals surface area contributed by atoms with Crippen LogP contribution in [-0.4, -0.2) is 11.1 Å². The minimum Gasteiger partial charge on any atom is -0.481 e. The summed E-state index contributed by atoms with van der Waals surface area (Å²) < 4.78 is 0. The molecule has 3 heteroatoms. The van der Waals surface area contributed by atoms with E-state index in [1.54, 1.807) is 20.8 Å². The van der Waals surface area contributed by atoms with Gasteiger partial charge in [0.1, 0.15) is 0 Å². The summed E-state index contributed by atoms with van der Waals surface area (Å²) in [5.41, 5.74) is -0.583. The monoisotopic (exact) mass is 165 g/mol. The van der Waals surface area contributed by atoms with Crippen LogP contribution < -0.4 is 0 Å². The third-order valence-electron chi connectivity index (χ3n) is 0.642. The van der Waals surface area contributed by atoms with E-state index >= 15 is 0 Å². The van der Waals surface area contributed by atoms with E-state index in [0.29, 0.717) is 0 Å². The number of hydrogen-bond donors (Lipinski definition) is 1. The van der Waals surface area contributed by atoms with Crippen molar-refractivity contribution in [3.63, 3.8) is 0 Å². The fourth-order valence-corrected chi connectivity index (χ4v) is 0. The van der Waals surface area contributed by atoms with E-state index < -0.39 is 11.4 Å². The molecule has 0 unspecified atom stereocenters. The molecule has 0 heterocycles. The molecule has 0 aliphatic heterocycles. The van der Waals surface area contributed by atoms with Gasteiger partial charge >= 0.3 is 5.97 Å². The van der Waals surface area contributed by atoms with Crippen LogP contribution in [-0.2, 0) is 21.9 Å². The Hall–Kier alpha value is -0.0105. The molecule has 1 radical (unpaired) electrons. The Morgan fingerprint density at radius 3 is 1.50 bits per heavy atom. The van der Waals surface area contributed by atoms with Crippen molar-refractivity contribution in [1.82, 2.24) is 0 Å². The van der Waals surface area contributed by atoms with Crippen molar-refractivity contribution in [2.45, 2.75) is 20.8 Å². The molecule has 0 aromatic carbocycles. The Bertz CT molecular complexity index is 82.9. The third-order valence-corrected chi connectivity index (χ3v) is 0.642. The van der Waals surface area contributed by atoms with Gasteiger partial charge in [-0.2, -0.15) is 0 Å². The number of rotatable bonds is 0. The molecule has 0 saturated heterocycles. The summed E-state index contributed by atoms with van der Waals surface area (Å²) in [4.78, 5) is 10.0. The number of carbonyl (C=O) groups is 1. The summed E-state index contributed by atoms with van der Waals surface area (Å²) in [6, 6.07) is 0. The second kappa shape index (κ2) is 3.10. The molecule has 2 nitrogen and oxygen atoms in total. The molecule has 1 N–H and O–H groups in total. The van der Waals surface area contributed by atoms with Crippen LogP contribution in [0.2, 0.25) is 0 Å². The van der Waals surface area contributed by atoms with Gasteiger partial charge in [0.2, 0.25) is 0 Å². The van der Waals surface area contributed by atoms with Crippen molar-refractivity contribution in [3.05, 3.63) is 0 Å². The summed E-state index contributed by atoms with van der Waals surface area (Å²) >= 11 is 0. The van der Waals surface area contributed by atoms with Gasteiger partial charge in [0, 0.05) is 17.1 Å². The number of carboxylic acids is 1. The zero-order valence-corrected chi connectivity index (χ0v) is 6.10. The first-order valence-corrected chi connectivity index (χ1v) is 2.18. The summed E-state index contributed by atoms with van der Waals surface area (Å²) in [5, 5.41) is 8.25. The maximum Gasteiger partial charge on any atom is 0.308 e. The van der Waals surface area contributed by atoms with E-state index in [0.717, 1.165) is 0 Å². The van der Waals surface area contributed by atoms with Crippen molar-refractivity contribution >= 4 is 5.97 Å². The van der Waals surface area contributed by atoms with E-state index in [1.807, 2.05) is 0 Å². The van der Waals surface area contributed by atoms with Gasteiger partial charge in [-0.1, -0.05) is 0 Å². The molecule has 0 atom stereocenters. The van der Waals surface area contributed by atoms with Crippen LogP contribution in [0.1, 0.15) is 20.8 Å². The molecule has 0 spiro atoms. The number of hydrogen-bond acceptors (Lipinski definition) is 1. The molecule has 0 aliphatic rings. The summed E-state index contributed by atoms with van der Waals surface area (Å²) in [5.74, 6) is -0.757. The van der Waals surface area contributed by atoms with Crippen LogP contribution in [0, 0.1) is 5.41 Å². The maximum absolute atomic E-state index is 10.0. The molecule has 0 saturated carbocycles. The van der Waals surface area contributed by atoms with Crippen molar-refractivity contribution in [2.24, 2.45) is 5.41 Å². The van der Waals surface area contributed by atoms with E-state index in [9.17, 15) is 4.79 Å². The van der Waals surface area contributed by atoms with Crippen LogP contribution >= 0.6 is 0 Å². The minimum absolute atomic E-state index is 0. The first-order valence-electron chi connectivity index (χ1n) is 2.18. The quantitative estimate of drug-likeness (QED) is 0.547. The van der Waals surface area contributed by atoms with E-state index in [2.05, 4.69) is 0 Å². The van der Waals surface area contributed by atoms with E-state index in [4.69, 9.17) is 5.11 Å². The van der Waals surface area contributed by atoms with Crippen molar-refractivity contribution < 1.29 is 27.0 Å². The summed E-state index contributed by atoms with van der Waals surface area (Å²) in [6.07, 6.45) is 0. The number of aliphatic carboxylic acids is 1. The maximum atomic E-state index is 10.0. The molecule has 0 aromatic rings. The smallest absolute Gasteiger partial charge is 0.308 e. The van der Waals surface area contributed by atoms with Crippen LogP contribution in [0.5, 0.6) is 0 Å². The predicted molar refractivity (Wildman–Crippen MR) is 27.1 cm³/mol. The van der Waals surface area contributed by atoms with Gasteiger partial charge in [0.25, 0.3) is 0 Å². The SMILES string of the molecule is CC(C)(C)C(=O)O.[Cu]. The van der Waals surface area contributed by atoms with Crippen LogP contribution in [0.4, 0.5) is 0 Å². The fourth-order valence-electron chi connectivity index (χ4n) is 0. The van der Waals surface area contributed by atoms with Crippen LogP contribution in [0.15, 0.2) is 0 Å². The van der Waals surface area contributed by atoms with Gasteiger partial charge in [0.05, 0.1) is 5.41 Å². The Morgan fingerprint density at radius 1 is 1.38 bits per heavy atom. The summed E-state index contributed by atoms with van der Waals surface area (Å²) in [6.45, 7) is 4.99. The molecular weight excluding hydrogens is 156 g/mol. The Labute approximate surface area is 59.8 Å². The van der Waals surface area contributed by atoms with Gasteiger partial charge in [-0.05, 0) is 20.8 Å². The molecule has 53 valence electrons. The van der Waals surface area contributed by atoms with Crippen molar-refractivity contribution in [3.8, 4) is 0 Å². The Balaban J connectivity index is 0. The van der Waals surface area contributed by atoms with Gasteiger partial charge in [-0.25, -0.2) is 0 Å². The first kappa shape index (κ1) is 10.9. The largest absolute Gasteiger partial charge is 0.481 e. The zero-order chi connectivity index (χ0) is 6.08. The minimum atomic E-state index is -0.757. The molecule has 0 aliphatic carbocycles. The standard InChI is InChI=1S/C5H10O2.Cu/c1-5(2,3)4(6)7;/h1-3H3,(H,6,7);. The number of carboxylic acid groups (broad SMARTS) is 1. The third kappa shape index (κ3) is 4.16. The zero-order valence-electron chi connectivity index (χ0n) is 5.16. The van der Waals surface area contributed by atoms with Crippen molar-refractivity contribution in [1.29, 1.82) is 0 Å². The fraction of sp³-hybridized carbons (Fsp3) is 0.800. The predicted octanol–water partition coefficient (Wildman–Crippen LogP) is 1.11. The first-order chi connectivity index (χ1) is 2.94. The van der Waals surface area contributed by atoms with Crippen LogP contribution in [0.3, 0.4) is 0 Å². The normalized spacial score (nSPS) is 9.88. The molecule has 0 aromatic heterocycles. The van der Waals surface area contributed by atoms with E-state index in [1.165, 1.54) is 0 Å². The molecule has 0 amide bonds. The van der Waals surface area contributed by atoms with Crippen LogP contribution in [0.25, 0.3) is 0 Å². The molecule has 0 rings (SSSR count). The van der Waals surface area contributed by atoms with Crippen molar-refractivity contribution in [2.75, 3.05) is 0 Å².